The first-order chi connectivity index (χ1) is 8.49. The van der Waals surface area contributed by atoms with Gasteiger partial charge < -0.3 is 10.1 Å². The minimum atomic E-state index is 0.466. The fourth-order valence-electron chi connectivity index (χ4n) is 2.05. The summed E-state index contributed by atoms with van der Waals surface area (Å²) in [6.07, 6.45) is 7.41. The molecule has 0 rings (SSSR count). The molecule has 18 heavy (non-hydrogen) atoms. The molecule has 0 aliphatic heterocycles. The van der Waals surface area contributed by atoms with Crippen LogP contribution in [0.15, 0.2) is 0 Å². The predicted octanol–water partition coefficient (Wildman–Crippen LogP) is 4.39. The van der Waals surface area contributed by atoms with Crippen LogP contribution in [-0.4, -0.2) is 25.8 Å². The normalized spacial score (nSPS) is 13.8. The van der Waals surface area contributed by atoms with E-state index in [9.17, 15) is 0 Å². The summed E-state index contributed by atoms with van der Waals surface area (Å²) < 4.78 is 5.60. The van der Waals surface area contributed by atoms with E-state index in [0.717, 1.165) is 32.6 Å². The van der Waals surface area contributed by atoms with E-state index < -0.39 is 0 Å². The van der Waals surface area contributed by atoms with E-state index >= 15 is 0 Å². The van der Waals surface area contributed by atoms with E-state index in [0.29, 0.717) is 11.5 Å². The van der Waals surface area contributed by atoms with Gasteiger partial charge in [-0.1, -0.05) is 41.0 Å². The van der Waals surface area contributed by atoms with Gasteiger partial charge in [-0.25, -0.2) is 0 Å². The predicted molar refractivity (Wildman–Crippen MR) is 81.1 cm³/mol. The highest BCUT2D eigenvalue weighted by atomic mass is 16.5. The molecule has 1 unspecified atom stereocenters. The number of hydrogen-bond donors (Lipinski definition) is 1. The summed E-state index contributed by atoms with van der Waals surface area (Å²) in [6, 6.07) is 0.643. The fourth-order valence-corrected chi connectivity index (χ4v) is 2.05. The molecule has 0 heterocycles. The second-order valence-electron chi connectivity index (χ2n) is 6.50. The first-order valence-electron chi connectivity index (χ1n) is 7.80. The van der Waals surface area contributed by atoms with Crippen LogP contribution >= 0.6 is 0 Å². The first-order valence-corrected chi connectivity index (χ1v) is 7.80. The van der Waals surface area contributed by atoms with Gasteiger partial charge >= 0.3 is 0 Å². The maximum Gasteiger partial charge on any atom is 0.0480 e. The van der Waals surface area contributed by atoms with Gasteiger partial charge in [0.2, 0.25) is 0 Å². The molecular weight excluding hydrogens is 222 g/mol. The lowest BCUT2D eigenvalue weighted by Gasteiger charge is -2.22. The minimum absolute atomic E-state index is 0.466. The van der Waals surface area contributed by atoms with Gasteiger partial charge in [0, 0.05) is 19.3 Å². The molecule has 2 nitrogen and oxygen atoms in total. The Balaban J connectivity index is 3.76. The molecule has 0 aliphatic carbocycles. The van der Waals surface area contributed by atoms with Crippen molar-refractivity contribution in [1.82, 2.24) is 5.32 Å². The van der Waals surface area contributed by atoms with E-state index in [1.807, 2.05) is 0 Å². The third-order valence-electron chi connectivity index (χ3n) is 3.12. The number of ether oxygens (including phenoxy) is 1. The van der Waals surface area contributed by atoms with Gasteiger partial charge in [-0.3, -0.25) is 0 Å². The third kappa shape index (κ3) is 12.4. The molecule has 0 aromatic rings. The van der Waals surface area contributed by atoms with Crippen LogP contribution in [0, 0.1) is 5.41 Å². The van der Waals surface area contributed by atoms with E-state index in [2.05, 4.69) is 39.9 Å². The van der Waals surface area contributed by atoms with Gasteiger partial charge in [0.25, 0.3) is 0 Å². The SMILES string of the molecule is CCCNC(CCCC(C)(C)C)CCOCCC. The zero-order valence-electron chi connectivity index (χ0n) is 13.3. The number of nitrogens with one attached hydrogen (secondary N) is 1. The van der Waals surface area contributed by atoms with Gasteiger partial charge in [0.1, 0.15) is 0 Å². The molecule has 1 atom stereocenters. The highest BCUT2D eigenvalue weighted by molar-refractivity contribution is 4.69. The molecular formula is C16H35NO. The topological polar surface area (TPSA) is 21.3 Å². The Morgan fingerprint density at radius 2 is 1.72 bits per heavy atom. The average Bonchev–Trinajstić information content (AvgIpc) is 2.29. The van der Waals surface area contributed by atoms with Crippen LogP contribution in [-0.2, 0) is 4.74 Å². The number of hydrogen-bond acceptors (Lipinski definition) is 2. The number of rotatable bonds is 11. The molecule has 0 saturated carbocycles. The van der Waals surface area contributed by atoms with Crippen molar-refractivity contribution >= 4 is 0 Å². The second-order valence-corrected chi connectivity index (χ2v) is 6.50. The summed E-state index contributed by atoms with van der Waals surface area (Å²) in [7, 11) is 0. The highest BCUT2D eigenvalue weighted by Crippen LogP contribution is 2.22. The van der Waals surface area contributed by atoms with Crippen molar-refractivity contribution in [3.63, 3.8) is 0 Å². The Morgan fingerprint density at radius 3 is 2.28 bits per heavy atom. The summed E-state index contributed by atoms with van der Waals surface area (Å²) >= 11 is 0. The molecule has 110 valence electrons. The quantitative estimate of drug-likeness (QED) is 0.554. The van der Waals surface area contributed by atoms with Crippen molar-refractivity contribution in [2.45, 2.75) is 79.2 Å². The third-order valence-corrected chi connectivity index (χ3v) is 3.12. The van der Waals surface area contributed by atoms with Crippen LogP contribution < -0.4 is 5.32 Å². The van der Waals surface area contributed by atoms with Crippen LogP contribution in [0.3, 0.4) is 0 Å². The maximum absolute atomic E-state index is 5.60. The molecule has 0 aromatic carbocycles. The maximum atomic E-state index is 5.60. The molecule has 1 N–H and O–H groups in total. The molecule has 0 aliphatic rings. The van der Waals surface area contributed by atoms with Crippen molar-refractivity contribution in [2.75, 3.05) is 19.8 Å². The Bertz CT molecular complexity index is 174. The average molecular weight is 257 g/mol. The van der Waals surface area contributed by atoms with E-state index in [1.54, 1.807) is 0 Å². The lowest BCUT2D eigenvalue weighted by molar-refractivity contribution is 0.123. The molecule has 0 bridgehead atoms. The molecule has 0 amide bonds. The largest absolute Gasteiger partial charge is 0.381 e. The van der Waals surface area contributed by atoms with Crippen molar-refractivity contribution in [3.8, 4) is 0 Å². The highest BCUT2D eigenvalue weighted by Gasteiger charge is 2.12. The molecule has 0 fully saturated rings. The lowest BCUT2D eigenvalue weighted by atomic mass is 9.88. The first kappa shape index (κ1) is 17.9. The Kier molecular flexibility index (Phi) is 10.8. The van der Waals surface area contributed by atoms with Gasteiger partial charge in [0.05, 0.1) is 0 Å². The van der Waals surface area contributed by atoms with Crippen LogP contribution in [0.4, 0.5) is 0 Å². The van der Waals surface area contributed by atoms with Gasteiger partial charge in [-0.05, 0) is 44.1 Å². The fraction of sp³-hybridized carbons (Fsp3) is 1.00. The Hall–Kier alpha value is -0.0800. The minimum Gasteiger partial charge on any atom is -0.381 e. The van der Waals surface area contributed by atoms with Crippen LogP contribution in [0.25, 0.3) is 0 Å². The van der Waals surface area contributed by atoms with E-state index in [4.69, 9.17) is 4.74 Å². The van der Waals surface area contributed by atoms with Gasteiger partial charge in [-0.2, -0.15) is 0 Å². The second kappa shape index (κ2) is 10.8. The lowest BCUT2D eigenvalue weighted by Crippen LogP contribution is -2.31. The monoisotopic (exact) mass is 257 g/mol. The molecule has 0 radical (unpaired) electrons. The van der Waals surface area contributed by atoms with Crippen LogP contribution in [0.2, 0.25) is 0 Å². The summed E-state index contributed by atoms with van der Waals surface area (Å²) in [4.78, 5) is 0. The molecule has 2 heteroatoms. The molecule has 0 saturated heterocycles. The zero-order chi connectivity index (χ0) is 13.9. The van der Waals surface area contributed by atoms with E-state index in [-0.39, 0.29) is 0 Å². The van der Waals surface area contributed by atoms with E-state index in [1.165, 1.54) is 25.7 Å². The van der Waals surface area contributed by atoms with Gasteiger partial charge in [0.15, 0.2) is 0 Å². The molecule has 0 aromatic heterocycles. The Morgan fingerprint density at radius 1 is 1.00 bits per heavy atom. The van der Waals surface area contributed by atoms with Gasteiger partial charge in [-0.15, -0.1) is 0 Å². The zero-order valence-corrected chi connectivity index (χ0v) is 13.3. The summed E-state index contributed by atoms with van der Waals surface area (Å²) in [6.45, 7) is 14.3. The Labute approximate surface area is 115 Å². The van der Waals surface area contributed by atoms with Crippen LogP contribution in [0.1, 0.15) is 73.1 Å². The molecule has 0 spiro atoms. The van der Waals surface area contributed by atoms with Crippen molar-refractivity contribution in [2.24, 2.45) is 5.41 Å². The summed E-state index contributed by atoms with van der Waals surface area (Å²) in [5.74, 6) is 0. The van der Waals surface area contributed by atoms with Crippen molar-refractivity contribution < 1.29 is 4.74 Å². The van der Waals surface area contributed by atoms with Crippen molar-refractivity contribution in [3.05, 3.63) is 0 Å². The smallest absolute Gasteiger partial charge is 0.0480 e. The standard InChI is InChI=1S/C16H35NO/c1-6-12-17-15(10-14-18-13-7-2)9-8-11-16(3,4)5/h15,17H,6-14H2,1-5H3. The summed E-state index contributed by atoms with van der Waals surface area (Å²) in [5, 5.41) is 3.65. The van der Waals surface area contributed by atoms with Crippen LogP contribution in [0.5, 0.6) is 0 Å². The summed E-state index contributed by atoms with van der Waals surface area (Å²) in [5.41, 5.74) is 0.466. The van der Waals surface area contributed by atoms with Crippen molar-refractivity contribution in [1.29, 1.82) is 0 Å².